The van der Waals surface area contributed by atoms with Crippen molar-refractivity contribution in [3.63, 3.8) is 0 Å². The number of benzene rings is 1. The van der Waals surface area contributed by atoms with Crippen molar-refractivity contribution in [1.29, 1.82) is 0 Å². The van der Waals surface area contributed by atoms with Crippen LogP contribution >= 0.6 is 12.2 Å². The Balaban J connectivity index is 1.74. The lowest BCUT2D eigenvalue weighted by atomic mass is 10.1. The van der Waals surface area contributed by atoms with E-state index < -0.39 is 0 Å². The molecule has 1 aliphatic rings. The number of unbranched alkanes of at least 4 members (excludes halogenated alkanes) is 1. The Morgan fingerprint density at radius 1 is 1.31 bits per heavy atom. The van der Waals surface area contributed by atoms with Crippen molar-refractivity contribution in [3.05, 3.63) is 45.7 Å². The first-order valence-corrected chi connectivity index (χ1v) is 11.0. The second-order valence-corrected chi connectivity index (χ2v) is 8.22. The summed E-state index contributed by atoms with van der Waals surface area (Å²) in [6.07, 6.45) is 2.20. The van der Waals surface area contributed by atoms with Crippen molar-refractivity contribution in [2.24, 2.45) is 0 Å². The minimum Gasteiger partial charge on any atom is -0.370 e. The predicted molar refractivity (Wildman–Crippen MR) is 122 cm³/mol. The number of hydrogen-bond donors (Lipinski definition) is 3. The van der Waals surface area contributed by atoms with E-state index in [-0.39, 0.29) is 5.56 Å². The Morgan fingerprint density at radius 3 is 2.86 bits per heavy atom. The summed E-state index contributed by atoms with van der Waals surface area (Å²) in [6, 6.07) is 8.14. The van der Waals surface area contributed by atoms with Gasteiger partial charge >= 0.3 is 0 Å². The number of nitrogens with one attached hydrogen (secondary N) is 3. The van der Waals surface area contributed by atoms with E-state index in [9.17, 15) is 4.79 Å². The highest BCUT2D eigenvalue weighted by molar-refractivity contribution is 7.80. The summed E-state index contributed by atoms with van der Waals surface area (Å²) in [5.41, 5.74) is 2.73. The number of H-pyrrole nitrogens is 1. The second-order valence-electron chi connectivity index (χ2n) is 7.83. The molecule has 0 spiro atoms. The number of hydrogen-bond acceptors (Lipinski definition) is 3. The quantitative estimate of drug-likeness (QED) is 0.446. The molecule has 3 rings (SSSR count). The second kappa shape index (κ2) is 10.7. The average Bonchev–Trinajstić information content (AvgIpc) is 2.72. The zero-order valence-electron chi connectivity index (χ0n) is 17.6. The fraction of sp³-hybridized carbons (Fsp3) is 0.545. The molecule has 0 bridgehead atoms. The number of pyridine rings is 1. The molecule has 3 N–H and O–H groups in total. The third-order valence-electron chi connectivity index (χ3n) is 5.47. The normalized spacial score (nSPS) is 14.8. The molecule has 0 saturated carbocycles. The van der Waals surface area contributed by atoms with Crippen molar-refractivity contribution in [2.45, 2.75) is 33.2 Å². The summed E-state index contributed by atoms with van der Waals surface area (Å²) in [4.78, 5) is 19.4. The van der Waals surface area contributed by atoms with Crippen molar-refractivity contribution < 1.29 is 9.64 Å². The Labute approximate surface area is 178 Å². The number of aryl methyl sites for hydroxylation is 1. The van der Waals surface area contributed by atoms with Gasteiger partial charge in [0, 0.05) is 17.6 Å². The number of morpholine rings is 1. The lowest BCUT2D eigenvalue weighted by Gasteiger charge is -2.29. The molecule has 2 aromatic rings. The number of nitrogens with zero attached hydrogens (tertiary/aromatic N) is 1. The van der Waals surface area contributed by atoms with Crippen LogP contribution in [-0.4, -0.2) is 60.9 Å². The molecule has 29 heavy (non-hydrogen) atoms. The summed E-state index contributed by atoms with van der Waals surface area (Å²) in [5.74, 6) is 0. The third-order valence-corrected chi connectivity index (χ3v) is 5.87. The number of aromatic amines is 1. The lowest BCUT2D eigenvalue weighted by molar-refractivity contribution is -0.907. The molecule has 1 aromatic heterocycles. The molecule has 0 amide bonds. The van der Waals surface area contributed by atoms with Crippen LogP contribution in [0.15, 0.2) is 29.1 Å². The topological polar surface area (TPSA) is 61.8 Å². The smallest absolute Gasteiger partial charge is 0.253 e. The van der Waals surface area contributed by atoms with Gasteiger partial charge in [0.05, 0.1) is 32.8 Å². The fourth-order valence-corrected chi connectivity index (χ4v) is 3.88. The van der Waals surface area contributed by atoms with E-state index in [1.807, 2.05) is 19.1 Å². The van der Waals surface area contributed by atoms with Gasteiger partial charge in [-0.25, -0.2) is 0 Å². The molecule has 0 atom stereocenters. The minimum absolute atomic E-state index is 0.0387. The molecule has 6 nitrogen and oxygen atoms in total. The highest BCUT2D eigenvalue weighted by atomic mass is 32.1. The first-order valence-electron chi connectivity index (χ1n) is 10.6. The van der Waals surface area contributed by atoms with Gasteiger partial charge in [-0.05, 0) is 48.6 Å². The molecule has 1 fully saturated rings. The molecule has 1 aromatic carbocycles. The van der Waals surface area contributed by atoms with E-state index in [1.165, 1.54) is 4.90 Å². The van der Waals surface area contributed by atoms with Gasteiger partial charge in [0.2, 0.25) is 0 Å². The van der Waals surface area contributed by atoms with Gasteiger partial charge in [0.1, 0.15) is 13.1 Å². The summed E-state index contributed by atoms with van der Waals surface area (Å²) in [7, 11) is 0. The van der Waals surface area contributed by atoms with Crippen LogP contribution < -0.4 is 15.8 Å². The highest BCUT2D eigenvalue weighted by Gasteiger charge is 2.18. The van der Waals surface area contributed by atoms with Crippen molar-refractivity contribution in [1.82, 2.24) is 15.2 Å². The SMILES string of the molecule is CCCCNC(=S)N(CC[NH+]1CCOCC1)Cc1cc2ccc(C)cc2[nH]c1=O. The van der Waals surface area contributed by atoms with Crippen LogP contribution in [0, 0.1) is 6.92 Å². The van der Waals surface area contributed by atoms with Crippen LogP contribution in [0.1, 0.15) is 30.9 Å². The van der Waals surface area contributed by atoms with Crippen LogP contribution in [0.4, 0.5) is 0 Å². The Kier molecular flexibility index (Phi) is 8.03. The summed E-state index contributed by atoms with van der Waals surface area (Å²) >= 11 is 5.68. The molecule has 0 radical (unpaired) electrons. The Hall–Kier alpha value is -1.96. The molecule has 158 valence electrons. The molecular weight excluding hydrogens is 384 g/mol. The van der Waals surface area contributed by atoms with Gasteiger partial charge in [0.15, 0.2) is 5.11 Å². The van der Waals surface area contributed by atoms with Gasteiger partial charge in [-0.15, -0.1) is 0 Å². The average molecular weight is 418 g/mol. The van der Waals surface area contributed by atoms with Gasteiger partial charge in [-0.1, -0.05) is 25.5 Å². The lowest BCUT2D eigenvalue weighted by Crippen LogP contribution is -3.14. The van der Waals surface area contributed by atoms with Crippen molar-refractivity contribution >= 4 is 28.2 Å². The van der Waals surface area contributed by atoms with Crippen LogP contribution in [0.3, 0.4) is 0 Å². The molecule has 7 heteroatoms. The highest BCUT2D eigenvalue weighted by Crippen LogP contribution is 2.14. The molecule has 2 heterocycles. The Morgan fingerprint density at radius 2 is 2.10 bits per heavy atom. The molecule has 0 unspecified atom stereocenters. The minimum atomic E-state index is -0.0387. The van der Waals surface area contributed by atoms with Crippen molar-refractivity contribution in [2.75, 3.05) is 45.9 Å². The van der Waals surface area contributed by atoms with E-state index in [4.69, 9.17) is 17.0 Å². The largest absolute Gasteiger partial charge is 0.370 e. The first-order chi connectivity index (χ1) is 14.1. The maximum absolute atomic E-state index is 12.7. The maximum Gasteiger partial charge on any atom is 0.253 e. The maximum atomic E-state index is 12.7. The zero-order valence-corrected chi connectivity index (χ0v) is 18.4. The van der Waals surface area contributed by atoms with Gasteiger partial charge < -0.3 is 24.8 Å². The van der Waals surface area contributed by atoms with E-state index in [1.54, 1.807) is 0 Å². The third kappa shape index (κ3) is 6.26. The fourth-order valence-electron chi connectivity index (χ4n) is 3.62. The first kappa shape index (κ1) is 21.7. The summed E-state index contributed by atoms with van der Waals surface area (Å²) < 4.78 is 5.46. The number of fused-ring (bicyclic) bond motifs is 1. The van der Waals surface area contributed by atoms with Crippen molar-refractivity contribution in [3.8, 4) is 0 Å². The van der Waals surface area contributed by atoms with Gasteiger partial charge in [-0.2, -0.15) is 0 Å². The number of ether oxygens (including phenoxy) is 1. The van der Waals surface area contributed by atoms with Crippen LogP contribution in [-0.2, 0) is 11.3 Å². The Bertz CT molecular complexity index is 877. The van der Waals surface area contributed by atoms with Crippen LogP contribution in [0.5, 0.6) is 0 Å². The van der Waals surface area contributed by atoms with E-state index in [2.05, 4.69) is 34.3 Å². The van der Waals surface area contributed by atoms with Gasteiger partial charge in [0.25, 0.3) is 5.56 Å². The molecule has 1 aliphatic heterocycles. The van der Waals surface area contributed by atoms with Crippen LogP contribution in [0.25, 0.3) is 10.9 Å². The molecular formula is C22H33N4O2S+. The number of aromatic nitrogens is 1. The monoisotopic (exact) mass is 417 g/mol. The van der Waals surface area contributed by atoms with E-state index >= 15 is 0 Å². The molecule has 0 aliphatic carbocycles. The number of thiocarbonyl (C=S) groups is 1. The van der Waals surface area contributed by atoms with E-state index in [0.717, 1.165) is 85.9 Å². The molecule has 1 saturated heterocycles. The standard InChI is InChI=1S/C22H32N4O2S/c1-3-4-7-23-22(29)26(9-8-25-10-12-28-13-11-25)16-19-15-18-6-5-17(2)14-20(18)24-21(19)27/h5-6,14-15H,3-4,7-13,16H2,1-2H3,(H,23,29)(H,24,27)/p+1. The van der Waals surface area contributed by atoms with Crippen LogP contribution in [0.2, 0.25) is 0 Å². The van der Waals surface area contributed by atoms with Gasteiger partial charge in [-0.3, -0.25) is 4.79 Å². The number of quaternary nitrogens is 1. The number of rotatable bonds is 8. The zero-order chi connectivity index (χ0) is 20.6. The van der Waals surface area contributed by atoms with E-state index in [0.29, 0.717) is 6.54 Å². The predicted octanol–water partition coefficient (Wildman–Crippen LogP) is 1.23. The summed E-state index contributed by atoms with van der Waals surface area (Å²) in [5, 5.41) is 5.15. The summed E-state index contributed by atoms with van der Waals surface area (Å²) in [6.45, 7) is 11.1.